The molecule has 0 aromatic heterocycles. The fourth-order valence-corrected chi connectivity index (χ4v) is 11.2. The Hall–Kier alpha value is -3.44. The number of anilines is 3. The van der Waals surface area contributed by atoms with Gasteiger partial charge in [-0.2, -0.15) is 16.8 Å². The van der Waals surface area contributed by atoms with Crippen molar-refractivity contribution in [1.29, 1.82) is 0 Å². The molecule has 0 amide bonds. The van der Waals surface area contributed by atoms with Crippen molar-refractivity contribution in [2.24, 2.45) is 5.73 Å². The Balaban J connectivity index is 0.000000660. The lowest BCUT2D eigenvalue weighted by Gasteiger charge is -2.27. The van der Waals surface area contributed by atoms with Crippen LogP contribution in [0, 0.1) is 20.8 Å². The lowest BCUT2D eigenvalue weighted by Crippen LogP contribution is -2.33. The normalized spacial score (nSPS) is 12.7. The fraction of sp³-hybridized carbons (Fsp3) is 0.596. The molecule has 0 heterocycles. The van der Waals surface area contributed by atoms with Gasteiger partial charge in [-0.3, -0.25) is 22.7 Å². The molecular weight excluding hydrogens is 1400 g/mol. The average Bonchev–Trinajstić information content (AvgIpc) is 3.10. The molecule has 0 saturated carbocycles. The van der Waals surface area contributed by atoms with Crippen molar-refractivity contribution in [1.82, 2.24) is 10.5 Å². The number of nitrogens with one attached hydrogen (secondary N) is 2. The fourth-order valence-electron chi connectivity index (χ4n) is 8.71. The van der Waals surface area contributed by atoms with E-state index in [4.69, 9.17) is 28.7 Å². The molecule has 2 radical (unpaired) electrons. The molecule has 28 heteroatoms. The van der Waals surface area contributed by atoms with Crippen LogP contribution in [0.2, 0.25) is 0 Å². The Morgan fingerprint density at radius 2 is 0.871 bits per heavy atom. The van der Waals surface area contributed by atoms with Gasteiger partial charge in [0.1, 0.15) is 11.2 Å². The van der Waals surface area contributed by atoms with Gasteiger partial charge in [0.2, 0.25) is 0 Å². The highest BCUT2D eigenvalue weighted by Gasteiger charge is 2.26. The first-order valence-electron chi connectivity index (χ1n) is 27.6. The van der Waals surface area contributed by atoms with Crippen molar-refractivity contribution < 1.29 is 63.8 Å². The summed E-state index contributed by atoms with van der Waals surface area (Å²) in [6, 6.07) is 18.1. The molecule has 0 spiro atoms. The van der Waals surface area contributed by atoms with E-state index in [1.54, 1.807) is 31.7 Å². The summed E-state index contributed by atoms with van der Waals surface area (Å²) in [7, 11) is -4.71. The molecule has 0 aliphatic heterocycles. The van der Waals surface area contributed by atoms with E-state index < -0.39 is 43.4 Å². The van der Waals surface area contributed by atoms with Gasteiger partial charge in [0.15, 0.2) is 0 Å². The number of carbonyl (C=O) groups is 5. The van der Waals surface area contributed by atoms with Crippen LogP contribution in [0.4, 0.5) is 17.1 Å². The van der Waals surface area contributed by atoms with E-state index in [0.717, 1.165) is 105 Å². The van der Waals surface area contributed by atoms with E-state index >= 15 is 0 Å². The first kappa shape index (κ1) is 79.6. The van der Waals surface area contributed by atoms with Crippen LogP contribution >= 0.6 is 63.7 Å². The van der Waals surface area contributed by atoms with Gasteiger partial charge in [0, 0.05) is 95.4 Å². The summed E-state index contributed by atoms with van der Waals surface area (Å²) in [4.78, 5) is 63.8. The molecule has 3 unspecified atom stereocenters. The second-order valence-corrected chi connectivity index (χ2v) is 28.3. The van der Waals surface area contributed by atoms with Crippen molar-refractivity contribution >= 4 is 146 Å². The Bertz CT molecular complexity index is 2710. The molecule has 3 aromatic carbocycles. The first-order chi connectivity index (χ1) is 39.7. The van der Waals surface area contributed by atoms with E-state index in [9.17, 15) is 40.8 Å². The summed E-state index contributed by atoms with van der Waals surface area (Å²) in [6.07, 6.45) is 3.57. The van der Waals surface area contributed by atoms with E-state index in [1.165, 1.54) is 14.8 Å². The van der Waals surface area contributed by atoms with Gasteiger partial charge in [-0.15, -0.1) is 0 Å². The van der Waals surface area contributed by atoms with Crippen LogP contribution in [0.3, 0.4) is 0 Å². The maximum absolute atomic E-state index is 12.6. The minimum Gasteiger partial charge on any atom is -0.481 e. The second kappa shape index (κ2) is 41.0. The standard InChI is InChI=1S/C22H36BN2O9S2.C20H30BBr2N2O3.C15H22Br2N2O2/c1-17-7-8-19(25(9-11-32-35(5,28)29)10-12-33-36(6,30)31)14-20(17)18(15-24-23-16-26)13-21(27)34-22(2,3)4;1-15-5-6-17(25(9-7-22)10-8-23)12-18(15)16(13-24-21-14-26)11-19(27)28-20(2,3)4;1-11-2-3-13(19(6-4-16)7-5-17)9-14(11)12(10-18)8-15(20)21/h7-8,14,16,18,24H,9-13,15H2,1-6H3;5-6,12,14,16,24H,7-11,13H2,1-4H3;2-3,9,12H,4-8,10,18H2,1H3,(H,20,21). The van der Waals surface area contributed by atoms with E-state index in [-0.39, 0.29) is 75.8 Å². The van der Waals surface area contributed by atoms with E-state index in [0.29, 0.717) is 31.1 Å². The summed E-state index contributed by atoms with van der Waals surface area (Å²) in [5.41, 5.74) is 13.5. The number of halogens is 4. The predicted octanol–water partition coefficient (Wildman–Crippen LogP) is 7.88. The van der Waals surface area contributed by atoms with Crippen LogP contribution in [0.1, 0.15) is 112 Å². The number of hydrogen-bond acceptors (Lipinski definition) is 19. The minimum atomic E-state index is -3.66. The van der Waals surface area contributed by atoms with Crippen LogP contribution in [0.15, 0.2) is 54.6 Å². The van der Waals surface area contributed by atoms with Crippen molar-refractivity contribution in [2.45, 2.75) is 111 Å². The number of carboxylic acids is 1. The van der Waals surface area contributed by atoms with Crippen LogP contribution in [0.25, 0.3) is 0 Å². The van der Waals surface area contributed by atoms with Crippen molar-refractivity contribution in [2.75, 3.05) is 121 Å². The number of ether oxygens (including phenoxy) is 2. The molecule has 0 bridgehead atoms. The maximum Gasteiger partial charge on any atom is 0.306 e. The van der Waals surface area contributed by atoms with Crippen LogP contribution < -0.4 is 30.9 Å². The predicted molar refractivity (Wildman–Crippen MR) is 358 cm³/mol. The maximum atomic E-state index is 12.6. The quantitative estimate of drug-likeness (QED) is 0.0107. The first-order valence-corrected chi connectivity index (χ1v) is 35.7. The van der Waals surface area contributed by atoms with Gasteiger partial charge in [-0.25, -0.2) is 0 Å². The second-order valence-electron chi connectivity index (χ2n) is 21.8. The van der Waals surface area contributed by atoms with Crippen LogP contribution in [-0.4, -0.2) is 184 Å². The van der Waals surface area contributed by atoms with Crippen molar-refractivity contribution in [3.8, 4) is 0 Å². The van der Waals surface area contributed by atoms with E-state index in [2.05, 4.69) is 114 Å². The zero-order valence-electron chi connectivity index (χ0n) is 51.0. The molecule has 85 heavy (non-hydrogen) atoms. The number of nitrogens with zero attached hydrogens (tertiary/aromatic N) is 3. The SMILES string of the molecule is Cc1ccc(N(CCBr)CCBr)cc1C(CN)CC(=O)O.Cc1ccc(N(CCBr)CCBr)cc1C(CN[B]C=O)CC(=O)OC(C)(C)C.Cc1ccc(N(CCOS(C)(=O)=O)CCOS(C)(=O)=O)cc1C(CN[B]C=O)CC(=O)OC(C)(C)C. The summed E-state index contributed by atoms with van der Waals surface area (Å²) >= 11 is 14.0. The van der Waals surface area contributed by atoms with Crippen molar-refractivity contribution in [3.05, 3.63) is 88.0 Å². The van der Waals surface area contributed by atoms with Gasteiger partial charge in [-0.05, 0) is 152 Å². The summed E-state index contributed by atoms with van der Waals surface area (Å²) in [5.74, 6) is -2.04. The van der Waals surface area contributed by atoms with E-state index in [1.807, 2.05) is 59.7 Å². The minimum absolute atomic E-state index is 0.0512. The number of carboxylic acid groups (broad SMARTS) is 1. The lowest BCUT2D eigenvalue weighted by atomic mass is 9.88. The molecule has 3 atom stereocenters. The number of rotatable bonds is 37. The van der Waals surface area contributed by atoms with Gasteiger partial charge in [0.05, 0.1) is 57.4 Å². The molecule has 0 aliphatic carbocycles. The third kappa shape index (κ3) is 34.8. The zero-order valence-corrected chi connectivity index (χ0v) is 58.9. The highest BCUT2D eigenvalue weighted by Crippen LogP contribution is 2.32. The molecule has 476 valence electrons. The molecule has 0 fully saturated rings. The average molecular weight is 1490 g/mol. The Morgan fingerprint density at radius 3 is 1.13 bits per heavy atom. The number of aliphatic carboxylic acids is 1. The molecule has 3 aromatic rings. The Morgan fingerprint density at radius 1 is 0.565 bits per heavy atom. The van der Waals surface area contributed by atoms with Gasteiger partial charge in [-0.1, -0.05) is 81.9 Å². The monoisotopic (exact) mass is 1480 g/mol. The lowest BCUT2D eigenvalue weighted by molar-refractivity contribution is -0.156. The highest BCUT2D eigenvalue weighted by molar-refractivity contribution is 9.09. The van der Waals surface area contributed by atoms with Gasteiger partial charge < -0.3 is 55.1 Å². The van der Waals surface area contributed by atoms with Crippen LogP contribution in [-0.2, 0) is 62.0 Å². The zero-order chi connectivity index (χ0) is 64.6. The Kier molecular flexibility index (Phi) is 38.4. The summed E-state index contributed by atoms with van der Waals surface area (Å²) < 4.78 is 66.3. The summed E-state index contributed by atoms with van der Waals surface area (Å²) in [6.45, 7) is 21.5. The molecule has 0 saturated heterocycles. The summed E-state index contributed by atoms with van der Waals surface area (Å²) in [5, 5.41) is 18.5. The smallest absolute Gasteiger partial charge is 0.306 e. The molecule has 5 N–H and O–H groups in total. The molecular formula is C57H88B2Br4N6O14S2. The number of carbonyl (C=O) groups excluding carboxylic acids is 4. The number of hydrogen-bond donors (Lipinski definition) is 4. The van der Waals surface area contributed by atoms with Crippen LogP contribution in [0.5, 0.6) is 0 Å². The number of alkyl halides is 4. The van der Waals surface area contributed by atoms with Crippen molar-refractivity contribution in [3.63, 3.8) is 0 Å². The topological polar surface area (TPSA) is 271 Å². The third-order valence-electron chi connectivity index (χ3n) is 12.4. The molecule has 0 aliphatic rings. The molecule has 3 rings (SSSR count). The number of esters is 2. The largest absolute Gasteiger partial charge is 0.481 e. The van der Waals surface area contributed by atoms with Gasteiger partial charge in [0.25, 0.3) is 35.1 Å². The highest BCUT2D eigenvalue weighted by atomic mass is 79.9. The number of aryl methyl sites for hydroxylation is 3. The van der Waals surface area contributed by atoms with Gasteiger partial charge >= 0.3 is 17.9 Å². The molecule has 20 nitrogen and oxygen atoms in total. The Labute approximate surface area is 541 Å². The number of benzene rings is 3. The third-order valence-corrected chi connectivity index (χ3v) is 15.0. The number of nitrogens with two attached hydrogens (primary N) is 1.